The van der Waals surface area contributed by atoms with Crippen molar-refractivity contribution in [2.75, 3.05) is 0 Å². The highest BCUT2D eigenvalue weighted by molar-refractivity contribution is 5.83. The number of hydrogen-bond acceptors (Lipinski definition) is 4. The lowest BCUT2D eigenvalue weighted by Crippen LogP contribution is -2.21. The molecule has 4 heteroatoms. The normalized spacial score (nSPS) is 35.7. The van der Waals surface area contributed by atoms with Gasteiger partial charge in [0.2, 0.25) is 0 Å². The number of ketones is 1. The van der Waals surface area contributed by atoms with Crippen molar-refractivity contribution in [1.29, 1.82) is 0 Å². The summed E-state index contributed by atoms with van der Waals surface area (Å²) in [7, 11) is 0. The van der Waals surface area contributed by atoms with E-state index in [0.717, 1.165) is 19.3 Å². The largest absolute Gasteiger partial charge is 0.460 e. The van der Waals surface area contributed by atoms with Crippen molar-refractivity contribution >= 4 is 11.8 Å². The zero-order chi connectivity index (χ0) is 14.5. The number of fused-ring (bicyclic) bond motifs is 1. The third-order valence-electron chi connectivity index (χ3n) is 4.03. The van der Waals surface area contributed by atoms with E-state index in [2.05, 4.69) is 12.2 Å². The van der Waals surface area contributed by atoms with Crippen LogP contribution in [0.2, 0.25) is 0 Å². The first kappa shape index (κ1) is 15.0. The molecular weight excluding hydrogens is 256 g/mol. The molecule has 1 aliphatic carbocycles. The number of esters is 1. The van der Waals surface area contributed by atoms with E-state index in [-0.39, 0.29) is 23.7 Å². The van der Waals surface area contributed by atoms with E-state index >= 15 is 0 Å². The Labute approximate surface area is 119 Å². The highest BCUT2D eigenvalue weighted by Gasteiger charge is 2.35. The predicted octanol–water partition coefficient (Wildman–Crippen LogP) is 2.17. The molecule has 0 aromatic heterocycles. The molecule has 1 saturated carbocycles. The van der Waals surface area contributed by atoms with Crippen LogP contribution in [0.1, 0.15) is 39.0 Å². The van der Waals surface area contributed by atoms with E-state index in [4.69, 9.17) is 4.74 Å². The average molecular weight is 278 g/mol. The van der Waals surface area contributed by atoms with Gasteiger partial charge in [0.15, 0.2) is 0 Å². The fourth-order valence-electron chi connectivity index (χ4n) is 2.91. The molecule has 1 aliphatic heterocycles. The van der Waals surface area contributed by atoms with Gasteiger partial charge in [-0.05, 0) is 38.2 Å². The number of hydrogen-bond donors (Lipinski definition) is 1. The second-order valence-corrected chi connectivity index (χ2v) is 5.73. The molecule has 4 unspecified atom stereocenters. The van der Waals surface area contributed by atoms with Crippen LogP contribution in [-0.2, 0) is 14.3 Å². The SMILES string of the molecule is CC1CCCC=CC2CC(=O)CC2C(O)C=CC(=O)O1. The minimum absolute atomic E-state index is 0.0800. The fraction of sp³-hybridized carbons (Fsp3) is 0.625. The molecule has 0 aromatic carbocycles. The average Bonchev–Trinajstić information content (AvgIpc) is 2.76. The van der Waals surface area contributed by atoms with Crippen molar-refractivity contribution < 1.29 is 19.4 Å². The van der Waals surface area contributed by atoms with Gasteiger partial charge in [0.25, 0.3) is 0 Å². The number of ether oxygens (including phenoxy) is 1. The predicted molar refractivity (Wildman–Crippen MR) is 74.9 cm³/mol. The van der Waals surface area contributed by atoms with Crippen LogP contribution in [0.4, 0.5) is 0 Å². The van der Waals surface area contributed by atoms with E-state index < -0.39 is 12.1 Å². The second kappa shape index (κ2) is 6.84. The van der Waals surface area contributed by atoms with E-state index in [0.29, 0.717) is 12.8 Å². The molecule has 2 aliphatic rings. The minimum atomic E-state index is -0.778. The monoisotopic (exact) mass is 278 g/mol. The van der Waals surface area contributed by atoms with E-state index in [1.54, 1.807) is 0 Å². The number of aliphatic hydroxyl groups excluding tert-OH is 1. The Bertz CT molecular complexity index is 424. The van der Waals surface area contributed by atoms with Crippen LogP contribution >= 0.6 is 0 Å². The maximum atomic E-state index is 11.6. The molecule has 20 heavy (non-hydrogen) atoms. The minimum Gasteiger partial charge on any atom is -0.460 e. The lowest BCUT2D eigenvalue weighted by molar-refractivity contribution is -0.142. The molecule has 2 rings (SSSR count). The van der Waals surface area contributed by atoms with Gasteiger partial charge in [0.05, 0.1) is 12.2 Å². The molecule has 0 saturated heterocycles. The summed E-state index contributed by atoms with van der Waals surface area (Å²) in [6, 6.07) is 0. The van der Waals surface area contributed by atoms with Crippen molar-refractivity contribution in [3.8, 4) is 0 Å². The molecule has 1 heterocycles. The van der Waals surface area contributed by atoms with Crippen LogP contribution in [0.3, 0.4) is 0 Å². The molecule has 4 atom stereocenters. The Kier molecular flexibility index (Phi) is 5.12. The summed E-state index contributed by atoms with van der Waals surface area (Å²) < 4.78 is 5.22. The summed E-state index contributed by atoms with van der Waals surface area (Å²) in [6.07, 6.45) is 9.53. The summed E-state index contributed by atoms with van der Waals surface area (Å²) in [4.78, 5) is 23.2. The van der Waals surface area contributed by atoms with Crippen LogP contribution in [0, 0.1) is 11.8 Å². The Morgan fingerprint density at radius 2 is 2.05 bits per heavy atom. The first-order valence-corrected chi connectivity index (χ1v) is 7.31. The molecule has 1 fully saturated rings. The van der Waals surface area contributed by atoms with Crippen molar-refractivity contribution in [3.63, 3.8) is 0 Å². The fourth-order valence-corrected chi connectivity index (χ4v) is 2.91. The van der Waals surface area contributed by atoms with E-state index in [9.17, 15) is 14.7 Å². The van der Waals surface area contributed by atoms with Gasteiger partial charge in [-0.3, -0.25) is 4.79 Å². The molecule has 110 valence electrons. The van der Waals surface area contributed by atoms with Gasteiger partial charge >= 0.3 is 5.97 Å². The van der Waals surface area contributed by atoms with Crippen molar-refractivity contribution in [2.24, 2.45) is 11.8 Å². The highest BCUT2D eigenvalue weighted by atomic mass is 16.5. The van der Waals surface area contributed by atoms with Gasteiger partial charge in [0, 0.05) is 24.8 Å². The number of Topliss-reactive ketones (excluding diaryl/α,β-unsaturated/α-hetero) is 1. The number of cyclic esters (lactones) is 1. The van der Waals surface area contributed by atoms with Gasteiger partial charge in [-0.1, -0.05) is 12.2 Å². The Balaban J connectivity index is 2.13. The molecule has 0 radical (unpaired) electrons. The Hall–Kier alpha value is -1.42. The Morgan fingerprint density at radius 1 is 1.25 bits per heavy atom. The maximum absolute atomic E-state index is 11.6. The van der Waals surface area contributed by atoms with Crippen molar-refractivity contribution in [2.45, 2.75) is 51.2 Å². The zero-order valence-corrected chi connectivity index (χ0v) is 11.8. The molecule has 0 aromatic rings. The zero-order valence-electron chi connectivity index (χ0n) is 11.8. The molecule has 0 bridgehead atoms. The van der Waals surface area contributed by atoms with Gasteiger partial charge in [-0.2, -0.15) is 0 Å². The third-order valence-corrected chi connectivity index (χ3v) is 4.03. The number of aliphatic hydroxyl groups is 1. The summed E-state index contributed by atoms with van der Waals surface area (Å²) in [5.74, 6) is -0.289. The summed E-state index contributed by atoms with van der Waals surface area (Å²) in [6.45, 7) is 1.87. The number of rotatable bonds is 0. The molecule has 0 spiro atoms. The molecule has 1 N–H and O–H groups in total. The first-order valence-electron chi connectivity index (χ1n) is 7.31. The Morgan fingerprint density at radius 3 is 2.85 bits per heavy atom. The standard InChI is InChI=1S/C16H22O4/c1-11-5-3-2-4-6-12-9-13(17)10-14(12)15(18)7-8-16(19)20-11/h4,6-8,11-12,14-15,18H,2-3,5,9-10H2,1H3. The second-order valence-electron chi connectivity index (χ2n) is 5.73. The number of carbonyl (C=O) groups excluding carboxylic acids is 2. The molecule has 4 nitrogen and oxygen atoms in total. The first-order chi connectivity index (χ1) is 9.56. The molecular formula is C16H22O4. The van der Waals surface area contributed by atoms with Crippen molar-refractivity contribution in [3.05, 3.63) is 24.3 Å². The quantitative estimate of drug-likeness (QED) is 0.545. The third kappa shape index (κ3) is 4.04. The van der Waals surface area contributed by atoms with Gasteiger partial charge in [-0.25, -0.2) is 4.79 Å². The highest BCUT2D eigenvalue weighted by Crippen LogP contribution is 2.33. The summed E-state index contributed by atoms with van der Waals surface area (Å²) in [5, 5.41) is 10.2. The van der Waals surface area contributed by atoms with Crippen LogP contribution in [-0.4, -0.2) is 29.1 Å². The van der Waals surface area contributed by atoms with Crippen LogP contribution in [0.5, 0.6) is 0 Å². The number of allylic oxidation sites excluding steroid dienone is 2. The lowest BCUT2D eigenvalue weighted by atomic mass is 9.90. The summed E-state index contributed by atoms with van der Waals surface area (Å²) >= 11 is 0. The van der Waals surface area contributed by atoms with Gasteiger partial charge in [0.1, 0.15) is 5.78 Å². The van der Waals surface area contributed by atoms with Crippen LogP contribution < -0.4 is 0 Å². The van der Waals surface area contributed by atoms with E-state index in [1.807, 2.05) is 6.92 Å². The topological polar surface area (TPSA) is 63.6 Å². The number of carbonyl (C=O) groups is 2. The smallest absolute Gasteiger partial charge is 0.330 e. The van der Waals surface area contributed by atoms with Crippen LogP contribution in [0.15, 0.2) is 24.3 Å². The lowest BCUT2D eigenvalue weighted by Gasteiger charge is -2.19. The van der Waals surface area contributed by atoms with Crippen molar-refractivity contribution in [1.82, 2.24) is 0 Å². The van der Waals surface area contributed by atoms with Crippen LogP contribution in [0.25, 0.3) is 0 Å². The maximum Gasteiger partial charge on any atom is 0.330 e. The van der Waals surface area contributed by atoms with E-state index in [1.165, 1.54) is 12.2 Å². The summed E-state index contributed by atoms with van der Waals surface area (Å²) in [5.41, 5.74) is 0. The van der Waals surface area contributed by atoms with Gasteiger partial charge < -0.3 is 9.84 Å². The van der Waals surface area contributed by atoms with Gasteiger partial charge in [-0.15, -0.1) is 0 Å². The molecule has 0 amide bonds.